The third-order valence-electron chi connectivity index (χ3n) is 2.79. The molecule has 0 aliphatic heterocycles. The Labute approximate surface area is 112 Å². The fraction of sp³-hybridized carbons (Fsp3) is 0.429. The Balaban J connectivity index is 2.62. The fourth-order valence-corrected chi connectivity index (χ4v) is 1.63. The number of ether oxygens (including phenoxy) is 1. The average Bonchev–Trinajstić information content (AvgIpc) is 2.38. The number of benzene rings is 1. The van der Waals surface area contributed by atoms with Crippen molar-refractivity contribution < 1.29 is 19.4 Å². The number of carbonyl (C=O) groups excluding carboxylic acids is 1. The van der Waals surface area contributed by atoms with Crippen LogP contribution in [0.25, 0.3) is 0 Å². The Morgan fingerprint density at radius 3 is 2.79 bits per heavy atom. The first-order valence-corrected chi connectivity index (χ1v) is 6.16. The van der Waals surface area contributed by atoms with Crippen molar-refractivity contribution in [2.45, 2.75) is 25.7 Å². The summed E-state index contributed by atoms with van der Waals surface area (Å²) in [6.45, 7) is 2.16. The van der Waals surface area contributed by atoms with Crippen LogP contribution in [0, 0.1) is 0 Å². The molecule has 0 saturated heterocycles. The molecule has 1 rings (SSSR count). The molecule has 104 valence electrons. The van der Waals surface area contributed by atoms with Gasteiger partial charge in [-0.3, -0.25) is 9.59 Å². The zero-order valence-electron chi connectivity index (χ0n) is 11.2. The number of carbonyl (C=O) groups is 2. The van der Waals surface area contributed by atoms with Gasteiger partial charge in [0.05, 0.1) is 5.92 Å². The van der Waals surface area contributed by atoms with Crippen molar-refractivity contribution in [2.75, 3.05) is 19.0 Å². The lowest BCUT2D eigenvalue weighted by Crippen LogP contribution is -2.13. The van der Waals surface area contributed by atoms with Crippen LogP contribution in [0.4, 0.5) is 5.69 Å². The molecule has 0 radical (unpaired) electrons. The highest BCUT2D eigenvalue weighted by Crippen LogP contribution is 2.19. The van der Waals surface area contributed by atoms with Crippen molar-refractivity contribution in [3.63, 3.8) is 0 Å². The number of nitrogens with one attached hydrogen (secondary N) is 1. The van der Waals surface area contributed by atoms with Crippen LogP contribution in [0.1, 0.15) is 31.2 Å². The number of aliphatic carboxylic acids is 1. The van der Waals surface area contributed by atoms with Gasteiger partial charge >= 0.3 is 5.97 Å². The van der Waals surface area contributed by atoms with Crippen molar-refractivity contribution in [1.29, 1.82) is 0 Å². The predicted octanol–water partition coefficient (Wildman–Crippen LogP) is 2.24. The highest BCUT2D eigenvalue weighted by Gasteiger charge is 2.14. The molecule has 1 atom stereocenters. The van der Waals surface area contributed by atoms with Gasteiger partial charge in [0, 0.05) is 25.8 Å². The van der Waals surface area contributed by atoms with Gasteiger partial charge in [0.2, 0.25) is 5.91 Å². The van der Waals surface area contributed by atoms with Crippen molar-refractivity contribution >= 4 is 17.6 Å². The van der Waals surface area contributed by atoms with Gasteiger partial charge in [-0.1, -0.05) is 12.1 Å². The summed E-state index contributed by atoms with van der Waals surface area (Å²) in [5.74, 6) is -1.58. The quantitative estimate of drug-likeness (QED) is 0.741. The number of hydrogen-bond donors (Lipinski definition) is 2. The van der Waals surface area contributed by atoms with Crippen LogP contribution in [-0.2, 0) is 14.3 Å². The summed E-state index contributed by atoms with van der Waals surface area (Å²) in [6.07, 6.45) is 1.04. The topological polar surface area (TPSA) is 75.6 Å². The van der Waals surface area contributed by atoms with Gasteiger partial charge in [0.1, 0.15) is 0 Å². The molecular formula is C14H19NO4. The molecule has 1 aromatic carbocycles. The minimum Gasteiger partial charge on any atom is -0.481 e. The normalized spacial score (nSPS) is 11.9. The zero-order valence-corrected chi connectivity index (χ0v) is 11.2. The second kappa shape index (κ2) is 7.53. The van der Waals surface area contributed by atoms with E-state index in [0.29, 0.717) is 30.7 Å². The molecular weight excluding hydrogens is 246 g/mol. The lowest BCUT2D eigenvalue weighted by atomic mass is 10.0. The molecule has 5 nitrogen and oxygen atoms in total. The van der Waals surface area contributed by atoms with Crippen molar-refractivity contribution in [2.24, 2.45) is 0 Å². The van der Waals surface area contributed by atoms with E-state index in [9.17, 15) is 9.59 Å². The molecule has 5 heteroatoms. The second-order valence-corrected chi connectivity index (χ2v) is 4.33. The Kier molecular flexibility index (Phi) is 6.02. The molecule has 0 aliphatic carbocycles. The molecule has 0 spiro atoms. The Hall–Kier alpha value is -1.88. The first-order valence-electron chi connectivity index (χ1n) is 6.16. The van der Waals surface area contributed by atoms with Crippen LogP contribution in [0.5, 0.6) is 0 Å². The predicted molar refractivity (Wildman–Crippen MR) is 72.2 cm³/mol. The fourth-order valence-electron chi connectivity index (χ4n) is 1.63. The standard InChI is InChI=1S/C14H19NO4/c1-10(14(17)18)11-5-3-6-12(9-11)15-13(16)7-4-8-19-2/h3,5-6,9-10H,4,7-8H2,1-2H3,(H,15,16)(H,17,18). The summed E-state index contributed by atoms with van der Waals surface area (Å²) in [7, 11) is 1.59. The van der Waals surface area contributed by atoms with E-state index in [0.717, 1.165) is 0 Å². The van der Waals surface area contributed by atoms with Crippen LogP contribution < -0.4 is 5.32 Å². The number of amides is 1. The van der Waals surface area contributed by atoms with Crippen LogP contribution in [0.15, 0.2) is 24.3 Å². The average molecular weight is 265 g/mol. The van der Waals surface area contributed by atoms with E-state index >= 15 is 0 Å². The molecule has 0 aliphatic rings. The summed E-state index contributed by atoms with van der Waals surface area (Å²) in [5.41, 5.74) is 1.29. The monoisotopic (exact) mass is 265 g/mol. The van der Waals surface area contributed by atoms with E-state index in [1.165, 1.54) is 0 Å². The molecule has 1 aromatic rings. The van der Waals surface area contributed by atoms with Crippen LogP contribution >= 0.6 is 0 Å². The summed E-state index contributed by atoms with van der Waals surface area (Å²) < 4.78 is 4.87. The minimum absolute atomic E-state index is 0.0998. The van der Waals surface area contributed by atoms with Crippen molar-refractivity contribution in [3.8, 4) is 0 Å². The third kappa shape index (κ3) is 5.09. The van der Waals surface area contributed by atoms with E-state index in [1.54, 1.807) is 38.3 Å². The SMILES string of the molecule is COCCCC(=O)Nc1cccc(C(C)C(=O)O)c1. The van der Waals surface area contributed by atoms with Crippen molar-refractivity contribution in [3.05, 3.63) is 29.8 Å². The summed E-state index contributed by atoms with van der Waals surface area (Å²) in [4.78, 5) is 22.5. The van der Waals surface area contributed by atoms with Gasteiger partial charge in [0.25, 0.3) is 0 Å². The summed E-state index contributed by atoms with van der Waals surface area (Å²) >= 11 is 0. The molecule has 0 saturated carbocycles. The minimum atomic E-state index is -0.886. The third-order valence-corrected chi connectivity index (χ3v) is 2.79. The van der Waals surface area contributed by atoms with E-state index in [4.69, 9.17) is 9.84 Å². The van der Waals surface area contributed by atoms with E-state index in [-0.39, 0.29) is 5.91 Å². The van der Waals surface area contributed by atoms with Gasteiger partial charge in [-0.2, -0.15) is 0 Å². The smallest absolute Gasteiger partial charge is 0.310 e. The molecule has 0 aromatic heterocycles. The lowest BCUT2D eigenvalue weighted by molar-refractivity contribution is -0.138. The lowest BCUT2D eigenvalue weighted by Gasteiger charge is -2.10. The molecule has 1 amide bonds. The Bertz CT molecular complexity index is 445. The molecule has 1 unspecified atom stereocenters. The first kappa shape index (κ1) is 15.2. The number of anilines is 1. The zero-order chi connectivity index (χ0) is 14.3. The summed E-state index contributed by atoms with van der Waals surface area (Å²) in [6, 6.07) is 6.90. The van der Waals surface area contributed by atoms with E-state index < -0.39 is 11.9 Å². The maximum absolute atomic E-state index is 11.6. The number of carboxylic acids is 1. The van der Waals surface area contributed by atoms with Gasteiger partial charge < -0.3 is 15.2 Å². The van der Waals surface area contributed by atoms with Gasteiger partial charge in [-0.25, -0.2) is 0 Å². The maximum atomic E-state index is 11.6. The molecule has 19 heavy (non-hydrogen) atoms. The highest BCUT2D eigenvalue weighted by molar-refractivity contribution is 5.91. The molecule has 0 heterocycles. The second-order valence-electron chi connectivity index (χ2n) is 4.33. The highest BCUT2D eigenvalue weighted by atomic mass is 16.5. The molecule has 0 bridgehead atoms. The maximum Gasteiger partial charge on any atom is 0.310 e. The molecule has 0 fully saturated rings. The Morgan fingerprint density at radius 2 is 2.16 bits per heavy atom. The molecule has 2 N–H and O–H groups in total. The van der Waals surface area contributed by atoms with Crippen molar-refractivity contribution in [1.82, 2.24) is 0 Å². The van der Waals surface area contributed by atoms with Crippen LogP contribution in [-0.4, -0.2) is 30.7 Å². The van der Waals surface area contributed by atoms with Crippen LogP contribution in [0.2, 0.25) is 0 Å². The summed E-state index contributed by atoms with van der Waals surface area (Å²) in [5, 5.41) is 11.7. The Morgan fingerprint density at radius 1 is 1.42 bits per heavy atom. The number of methoxy groups -OCH3 is 1. The van der Waals surface area contributed by atoms with E-state index in [1.807, 2.05) is 0 Å². The number of hydrogen-bond acceptors (Lipinski definition) is 3. The van der Waals surface area contributed by atoms with Gasteiger partial charge in [-0.05, 0) is 31.0 Å². The number of rotatable bonds is 7. The number of carboxylic acid groups (broad SMARTS) is 1. The largest absolute Gasteiger partial charge is 0.481 e. The van der Waals surface area contributed by atoms with Gasteiger partial charge in [0.15, 0.2) is 0 Å². The van der Waals surface area contributed by atoms with Gasteiger partial charge in [-0.15, -0.1) is 0 Å². The van der Waals surface area contributed by atoms with Crippen LogP contribution in [0.3, 0.4) is 0 Å². The van der Waals surface area contributed by atoms with E-state index in [2.05, 4.69) is 5.32 Å². The first-order chi connectivity index (χ1) is 9.04.